The highest BCUT2D eigenvalue weighted by atomic mass is 32.2. The number of carbonyl (C=O) groups is 1. The fourth-order valence-electron chi connectivity index (χ4n) is 4.36. The molecule has 7 nitrogen and oxygen atoms in total. The Balaban J connectivity index is 1.28. The molecule has 2 aromatic carbocycles. The lowest BCUT2D eigenvalue weighted by molar-refractivity contribution is -0.116. The average Bonchev–Trinajstić information content (AvgIpc) is 3.39. The molecule has 0 saturated carbocycles. The smallest absolute Gasteiger partial charge is 0.225 e. The predicted octanol–water partition coefficient (Wildman–Crippen LogP) is 5.00. The third-order valence-electron chi connectivity index (χ3n) is 6.11. The molecule has 0 bridgehead atoms. The zero-order chi connectivity index (χ0) is 24.6. The van der Waals surface area contributed by atoms with Gasteiger partial charge in [-0.25, -0.2) is 17.8 Å². The fourth-order valence-corrected chi connectivity index (χ4v) is 6.64. The van der Waals surface area contributed by atoms with Gasteiger partial charge in [0.25, 0.3) is 0 Å². The first-order valence-electron chi connectivity index (χ1n) is 11.6. The van der Waals surface area contributed by atoms with Crippen molar-refractivity contribution in [1.29, 1.82) is 0 Å². The minimum atomic E-state index is -3.59. The first-order valence-corrected chi connectivity index (χ1v) is 14.0. The van der Waals surface area contributed by atoms with E-state index in [1.54, 1.807) is 10.7 Å². The molecule has 35 heavy (non-hydrogen) atoms. The summed E-state index contributed by atoms with van der Waals surface area (Å²) in [5, 5.41) is 8.03. The zero-order valence-corrected chi connectivity index (χ0v) is 20.9. The van der Waals surface area contributed by atoms with Gasteiger partial charge >= 0.3 is 0 Å². The van der Waals surface area contributed by atoms with Gasteiger partial charge in [-0.3, -0.25) is 4.79 Å². The molecule has 0 saturated heterocycles. The van der Waals surface area contributed by atoms with Crippen LogP contribution in [0.15, 0.2) is 47.4 Å². The van der Waals surface area contributed by atoms with E-state index in [9.17, 15) is 17.6 Å². The van der Waals surface area contributed by atoms with E-state index in [-0.39, 0.29) is 29.4 Å². The summed E-state index contributed by atoms with van der Waals surface area (Å²) in [7, 11) is -3.59. The number of fused-ring (bicyclic) bond motifs is 2. The average molecular weight is 513 g/mol. The van der Waals surface area contributed by atoms with Crippen molar-refractivity contribution in [2.45, 2.75) is 50.3 Å². The van der Waals surface area contributed by atoms with Crippen molar-refractivity contribution in [1.82, 2.24) is 14.8 Å². The molecule has 0 fully saturated rings. The van der Waals surface area contributed by atoms with Crippen LogP contribution in [-0.4, -0.2) is 34.8 Å². The van der Waals surface area contributed by atoms with Crippen LogP contribution in [0.2, 0.25) is 0 Å². The second kappa shape index (κ2) is 9.50. The van der Waals surface area contributed by atoms with E-state index < -0.39 is 15.7 Å². The van der Waals surface area contributed by atoms with E-state index in [1.807, 2.05) is 6.92 Å². The highest BCUT2D eigenvalue weighted by Crippen LogP contribution is 2.32. The number of thiazole rings is 1. The number of rotatable bonds is 7. The number of anilines is 1. The summed E-state index contributed by atoms with van der Waals surface area (Å²) in [6.07, 6.45) is 4.76. The molecule has 5 rings (SSSR count). The molecular formula is C25H25FN4O3S2. The lowest BCUT2D eigenvalue weighted by Gasteiger charge is -2.14. The van der Waals surface area contributed by atoms with Crippen molar-refractivity contribution in [2.24, 2.45) is 0 Å². The lowest BCUT2D eigenvalue weighted by atomic mass is 9.92. The Hall–Kier alpha value is -3.11. The number of hydrogen-bond donors (Lipinski definition) is 1. The van der Waals surface area contributed by atoms with Crippen LogP contribution in [0.1, 0.15) is 42.5 Å². The molecule has 4 aromatic rings. The number of halogens is 1. The number of hydrogen-bond acceptors (Lipinski definition) is 6. The molecule has 1 aliphatic carbocycles. The number of aryl methyl sites for hydroxylation is 3. The maximum Gasteiger partial charge on any atom is 0.225 e. The van der Waals surface area contributed by atoms with Crippen LogP contribution in [-0.2, 0) is 27.5 Å². The van der Waals surface area contributed by atoms with Gasteiger partial charge in [0, 0.05) is 12.5 Å². The highest BCUT2D eigenvalue weighted by molar-refractivity contribution is 7.91. The Morgan fingerprint density at radius 1 is 1.11 bits per heavy atom. The number of carbonyl (C=O) groups excluding carboxylic acids is 1. The van der Waals surface area contributed by atoms with Crippen LogP contribution in [0.3, 0.4) is 0 Å². The minimum Gasteiger partial charge on any atom is -0.311 e. The standard InChI is InChI=1S/C25H25FN4O3S2/c1-16-13-23(28-24(31)7-4-12-35(32,33)20-10-8-19(26)9-11-20)30(29-16)25-27-21-14-17-5-2-3-6-18(17)15-22(21)34-25/h8-11,13-15H,2-7,12H2,1H3,(H,28,31). The van der Waals surface area contributed by atoms with Gasteiger partial charge in [0.1, 0.15) is 11.6 Å². The van der Waals surface area contributed by atoms with E-state index in [0.717, 1.165) is 40.9 Å². The number of sulfone groups is 1. The third kappa shape index (κ3) is 5.13. The topological polar surface area (TPSA) is 94.0 Å². The van der Waals surface area contributed by atoms with Gasteiger partial charge in [0.05, 0.1) is 26.6 Å². The summed E-state index contributed by atoms with van der Waals surface area (Å²) in [6.45, 7) is 1.84. The van der Waals surface area contributed by atoms with E-state index in [0.29, 0.717) is 10.9 Å². The first kappa shape index (κ1) is 23.6. The first-order chi connectivity index (χ1) is 16.8. The normalized spacial score (nSPS) is 13.7. The summed E-state index contributed by atoms with van der Waals surface area (Å²) < 4.78 is 40.7. The molecule has 0 spiro atoms. The molecule has 0 aliphatic heterocycles. The van der Waals surface area contributed by atoms with Gasteiger partial charge in [-0.15, -0.1) is 0 Å². The van der Waals surface area contributed by atoms with E-state index in [4.69, 9.17) is 4.98 Å². The summed E-state index contributed by atoms with van der Waals surface area (Å²) in [5.41, 5.74) is 4.42. The minimum absolute atomic E-state index is 0.0250. The third-order valence-corrected chi connectivity index (χ3v) is 8.92. The van der Waals surface area contributed by atoms with Crippen molar-refractivity contribution >= 4 is 43.1 Å². The molecule has 182 valence electrons. The van der Waals surface area contributed by atoms with E-state index in [1.165, 1.54) is 47.4 Å². The molecule has 0 unspecified atom stereocenters. The number of amides is 1. The van der Waals surface area contributed by atoms with Crippen molar-refractivity contribution in [2.75, 3.05) is 11.1 Å². The molecular weight excluding hydrogens is 487 g/mol. The van der Waals surface area contributed by atoms with Gasteiger partial charge in [0.15, 0.2) is 9.84 Å². The number of benzene rings is 2. The molecule has 0 radical (unpaired) electrons. The van der Waals surface area contributed by atoms with Crippen molar-refractivity contribution < 1.29 is 17.6 Å². The lowest BCUT2D eigenvalue weighted by Crippen LogP contribution is -2.16. The van der Waals surface area contributed by atoms with Gasteiger partial charge in [-0.1, -0.05) is 11.3 Å². The summed E-state index contributed by atoms with van der Waals surface area (Å²) in [5.74, 6) is -0.509. The van der Waals surface area contributed by atoms with Crippen LogP contribution in [0.5, 0.6) is 0 Å². The SMILES string of the molecule is Cc1cc(NC(=O)CCCS(=O)(=O)c2ccc(F)cc2)n(-c2nc3cc4c(cc3s2)CCCC4)n1. The highest BCUT2D eigenvalue weighted by Gasteiger charge is 2.19. The molecule has 10 heteroatoms. The van der Waals surface area contributed by atoms with Crippen molar-refractivity contribution in [3.05, 3.63) is 65.1 Å². The van der Waals surface area contributed by atoms with E-state index >= 15 is 0 Å². The maximum atomic E-state index is 13.1. The molecule has 0 atom stereocenters. The summed E-state index contributed by atoms with van der Waals surface area (Å²) >= 11 is 1.53. The Kier molecular flexibility index (Phi) is 6.41. The molecule has 2 heterocycles. The number of aromatic nitrogens is 3. The molecule has 2 aromatic heterocycles. The maximum absolute atomic E-state index is 13.1. The van der Waals surface area contributed by atoms with Crippen molar-refractivity contribution in [3.63, 3.8) is 0 Å². The van der Waals surface area contributed by atoms with E-state index in [2.05, 4.69) is 22.5 Å². The van der Waals surface area contributed by atoms with Crippen LogP contribution in [0, 0.1) is 12.7 Å². The number of nitrogens with zero attached hydrogens (tertiary/aromatic N) is 3. The molecule has 1 amide bonds. The fraction of sp³-hybridized carbons (Fsp3) is 0.320. The zero-order valence-electron chi connectivity index (χ0n) is 19.3. The summed E-state index contributed by atoms with van der Waals surface area (Å²) in [4.78, 5) is 17.4. The van der Waals surface area contributed by atoms with Crippen LogP contribution < -0.4 is 5.32 Å². The second-order valence-corrected chi connectivity index (χ2v) is 11.9. The molecule has 1 N–H and O–H groups in total. The van der Waals surface area contributed by atoms with Gasteiger partial charge in [0.2, 0.25) is 11.0 Å². The Morgan fingerprint density at radius 3 is 2.57 bits per heavy atom. The Labute approximate surface area is 206 Å². The van der Waals surface area contributed by atoms with Gasteiger partial charge in [-0.2, -0.15) is 9.78 Å². The predicted molar refractivity (Wildman–Crippen MR) is 134 cm³/mol. The second-order valence-electron chi connectivity index (χ2n) is 8.80. The van der Waals surface area contributed by atoms with Gasteiger partial charge < -0.3 is 5.32 Å². The van der Waals surface area contributed by atoms with Crippen LogP contribution in [0.25, 0.3) is 15.3 Å². The van der Waals surface area contributed by atoms with Gasteiger partial charge in [-0.05, 0) is 86.6 Å². The summed E-state index contributed by atoms with van der Waals surface area (Å²) in [6, 6.07) is 10.9. The van der Waals surface area contributed by atoms with Crippen molar-refractivity contribution in [3.8, 4) is 5.13 Å². The molecule has 1 aliphatic rings. The van der Waals surface area contributed by atoms with Crippen LogP contribution in [0.4, 0.5) is 10.2 Å². The number of nitrogens with one attached hydrogen (secondary N) is 1. The Morgan fingerprint density at radius 2 is 1.83 bits per heavy atom. The Bertz CT molecular complexity index is 1460. The monoisotopic (exact) mass is 512 g/mol. The van der Waals surface area contributed by atoms with Crippen LogP contribution >= 0.6 is 11.3 Å². The largest absolute Gasteiger partial charge is 0.311 e. The quantitative estimate of drug-likeness (QED) is 0.352.